The summed E-state index contributed by atoms with van der Waals surface area (Å²) in [6.07, 6.45) is 3.55. The molecular weight excluding hydrogens is 260 g/mol. The second kappa shape index (κ2) is 6.84. The molecule has 0 bridgehead atoms. The van der Waals surface area contributed by atoms with Crippen molar-refractivity contribution in [3.63, 3.8) is 0 Å². The molecule has 2 rings (SSSR count). The van der Waals surface area contributed by atoms with E-state index < -0.39 is 11.9 Å². The highest BCUT2D eigenvalue weighted by molar-refractivity contribution is 5.99. The second-order valence-electron chi connectivity index (χ2n) is 4.65. The first kappa shape index (κ1) is 14.2. The van der Waals surface area contributed by atoms with Crippen LogP contribution in [0.5, 0.6) is 5.75 Å². The van der Waals surface area contributed by atoms with Crippen LogP contribution in [-0.4, -0.2) is 17.9 Å². The van der Waals surface area contributed by atoms with Crippen LogP contribution in [0.25, 0.3) is 0 Å². The zero-order valence-corrected chi connectivity index (χ0v) is 11.1. The van der Waals surface area contributed by atoms with Crippen LogP contribution in [0.2, 0.25) is 0 Å². The Balaban J connectivity index is 2.22. The molecule has 0 atom stereocenters. The lowest BCUT2D eigenvalue weighted by molar-refractivity contribution is -0.138. The zero-order valence-electron chi connectivity index (χ0n) is 11.1. The lowest BCUT2D eigenvalue weighted by Gasteiger charge is -2.08. The van der Waals surface area contributed by atoms with Crippen molar-refractivity contribution in [3.8, 4) is 5.75 Å². The highest BCUT2D eigenvalue weighted by Crippen LogP contribution is 2.21. The van der Waals surface area contributed by atoms with Gasteiger partial charge in [-0.05, 0) is 25.0 Å². The molecule has 1 aliphatic heterocycles. The molecule has 0 spiro atoms. The number of hydrogen-bond donors (Lipinski definition) is 0. The summed E-state index contributed by atoms with van der Waals surface area (Å²) in [5.41, 5.74) is 0.0912. The number of hydrogen-bond acceptors (Lipinski definition) is 5. The van der Waals surface area contributed by atoms with Gasteiger partial charge in [0.05, 0.1) is 0 Å². The molecule has 0 saturated carbocycles. The molecule has 5 heteroatoms. The van der Waals surface area contributed by atoms with Crippen LogP contribution in [-0.2, 0) is 14.3 Å². The molecule has 0 saturated heterocycles. The van der Waals surface area contributed by atoms with Crippen LogP contribution >= 0.6 is 0 Å². The van der Waals surface area contributed by atoms with E-state index in [2.05, 4.69) is 0 Å². The van der Waals surface area contributed by atoms with Crippen LogP contribution in [0, 0.1) is 0 Å². The number of cyclic esters (lactones) is 2. The van der Waals surface area contributed by atoms with Gasteiger partial charge in [-0.15, -0.1) is 0 Å². The summed E-state index contributed by atoms with van der Waals surface area (Å²) in [5, 5.41) is 0. The van der Waals surface area contributed by atoms with Crippen molar-refractivity contribution in [1.82, 2.24) is 0 Å². The lowest BCUT2D eigenvalue weighted by atomic mass is 10.1. The molecule has 0 N–H and O–H groups in total. The Morgan fingerprint density at radius 1 is 0.750 bits per heavy atom. The summed E-state index contributed by atoms with van der Waals surface area (Å²) in [7, 11) is 0. The Labute approximate surface area is 116 Å². The average Bonchev–Trinajstić information content (AvgIpc) is 2.43. The van der Waals surface area contributed by atoms with E-state index in [1.54, 1.807) is 12.1 Å². The lowest BCUT2D eigenvalue weighted by Crippen LogP contribution is -2.15. The quantitative estimate of drug-likeness (QED) is 0.414. The van der Waals surface area contributed by atoms with Gasteiger partial charge in [0.25, 0.3) is 0 Å². The summed E-state index contributed by atoms with van der Waals surface area (Å²) >= 11 is 0. The number of carbonyl (C=O) groups excluding carboxylic acids is 3. The minimum Gasteiger partial charge on any atom is -0.426 e. The fourth-order valence-electron chi connectivity index (χ4n) is 2.00. The van der Waals surface area contributed by atoms with E-state index in [0.717, 1.165) is 12.8 Å². The third kappa shape index (κ3) is 3.91. The normalized spacial score (nSPS) is 17.9. The van der Waals surface area contributed by atoms with E-state index in [9.17, 15) is 14.4 Å². The largest absolute Gasteiger partial charge is 0.426 e. The summed E-state index contributed by atoms with van der Waals surface area (Å²) in [4.78, 5) is 35.1. The number of carbonyl (C=O) groups is 3. The predicted molar refractivity (Wildman–Crippen MR) is 70.2 cm³/mol. The van der Waals surface area contributed by atoms with Gasteiger partial charge in [0.1, 0.15) is 11.3 Å². The molecular formula is C15H16O5. The molecule has 20 heavy (non-hydrogen) atoms. The van der Waals surface area contributed by atoms with Crippen molar-refractivity contribution in [1.29, 1.82) is 0 Å². The van der Waals surface area contributed by atoms with Crippen molar-refractivity contribution in [3.05, 3.63) is 29.8 Å². The summed E-state index contributed by atoms with van der Waals surface area (Å²) in [6.45, 7) is 0. The highest BCUT2D eigenvalue weighted by atomic mass is 16.6. The Bertz CT molecular complexity index is 521. The minimum atomic E-state index is -0.780. The molecule has 1 aromatic rings. The monoisotopic (exact) mass is 276 g/mol. The number of benzene rings is 1. The SMILES string of the molecule is O=C1CCCCCCC(=O)Oc2ccccc2C(=O)O1. The van der Waals surface area contributed by atoms with Gasteiger partial charge in [-0.2, -0.15) is 0 Å². The zero-order chi connectivity index (χ0) is 14.4. The summed E-state index contributed by atoms with van der Waals surface area (Å²) < 4.78 is 9.92. The van der Waals surface area contributed by atoms with Crippen LogP contribution in [0.15, 0.2) is 24.3 Å². The van der Waals surface area contributed by atoms with Crippen molar-refractivity contribution in [2.75, 3.05) is 0 Å². The van der Waals surface area contributed by atoms with Gasteiger partial charge in [-0.3, -0.25) is 9.59 Å². The Hall–Kier alpha value is -2.17. The number of rotatable bonds is 0. The molecule has 1 aliphatic rings. The van der Waals surface area contributed by atoms with Crippen molar-refractivity contribution >= 4 is 17.9 Å². The summed E-state index contributed by atoms with van der Waals surface area (Å²) in [5.74, 6) is -1.57. The first-order valence-electron chi connectivity index (χ1n) is 6.71. The molecule has 5 nitrogen and oxygen atoms in total. The van der Waals surface area contributed by atoms with Gasteiger partial charge in [0, 0.05) is 12.8 Å². The standard InChI is InChI=1S/C15H16O5/c16-13-9-3-1-2-4-10-14(17)20-15(18)11-7-5-6-8-12(11)19-13/h5-8H,1-4,9-10H2. The number of para-hydroxylation sites is 1. The fraction of sp³-hybridized carbons (Fsp3) is 0.400. The molecule has 0 aromatic heterocycles. The molecule has 0 radical (unpaired) electrons. The van der Waals surface area contributed by atoms with Crippen LogP contribution in [0.4, 0.5) is 0 Å². The molecule has 0 unspecified atom stereocenters. The van der Waals surface area contributed by atoms with Gasteiger partial charge in [-0.1, -0.05) is 25.0 Å². The van der Waals surface area contributed by atoms with Gasteiger partial charge in [-0.25, -0.2) is 4.79 Å². The van der Waals surface area contributed by atoms with Crippen molar-refractivity contribution < 1.29 is 23.9 Å². The maximum absolute atomic E-state index is 11.9. The first-order valence-corrected chi connectivity index (χ1v) is 6.71. The third-order valence-corrected chi connectivity index (χ3v) is 3.05. The fourth-order valence-corrected chi connectivity index (χ4v) is 2.00. The second-order valence-corrected chi connectivity index (χ2v) is 4.65. The van der Waals surface area contributed by atoms with Crippen molar-refractivity contribution in [2.45, 2.75) is 38.5 Å². The van der Waals surface area contributed by atoms with Crippen LogP contribution < -0.4 is 4.74 Å². The Morgan fingerprint density at radius 3 is 2.05 bits per heavy atom. The van der Waals surface area contributed by atoms with E-state index in [1.165, 1.54) is 12.1 Å². The van der Waals surface area contributed by atoms with E-state index in [0.29, 0.717) is 19.3 Å². The predicted octanol–water partition coefficient (Wildman–Crippen LogP) is 2.63. The van der Waals surface area contributed by atoms with E-state index in [-0.39, 0.29) is 23.7 Å². The number of fused-ring (bicyclic) bond motifs is 1. The summed E-state index contributed by atoms with van der Waals surface area (Å²) in [6, 6.07) is 6.26. The van der Waals surface area contributed by atoms with Crippen LogP contribution in [0.3, 0.4) is 0 Å². The number of esters is 3. The van der Waals surface area contributed by atoms with Gasteiger partial charge < -0.3 is 9.47 Å². The topological polar surface area (TPSA) is 69.7 Å². The Kier molecular flexibility index (Phi) is 4.87. The highest BCUT2D eigenvalue weighted by Gasteiger charge is 2.19. The van der Waals surface area contributed by atoms with E-state index in [4.69, 9.17) is 9.47 Å². The maximum atomic E-state index is 11.9. The Morgan fingerprint density at radius 2 is 1.35 bits per heavy atom. The molecule has 106 valence electrons. The third-order valence-electron chi connectivity index (χ3n) is 3.05. The van der Waals surface area contributed by atoms with Crippen LogP contribution in [0.1, 0.15) is 48.9 Å². The minimum absolute atomic E-state index is 0.0912. The van der Waals surface area contributed by atoms with Gasteiger partial charge in [0.15, 0.2) is 0 Å². The first-order chi connectivity index (χ1) is 9.66. The molecule has 0 amide bonds. The van der Waals surface area contributed by atoms with Gasteiger partial charge >= 0.3 is 17.9 Å². The molecule has 0 fully saturated rings. The smallest absolute Gasteiger partial charge is 0.349 e. The van der Waals surface area contributed by atoms with E-state index in [1.807, 2.05) is 0 Å². The van der Waals surface area contributed by atoms with Gasteiger partial charge in [0.2, 0.25) is 0 Å². The molecule has 1 heterocycles. The van der Waals surface area contributed by atoms with Crippen molar-refractivity contribution in [2.24, 2.45) is 0 Å². The molecule has 0 aliphatic carbocycles. The van der Waals surface area contributed by atoms with E-state index >= 15 is 0 Å². The average molecular weight is 276 g/mol. The molecule has 1 aromatic carbocycles. The number of ether oxygens (including phenoxy) is 2. The maximum Gasteiger partial charge on any atom is 0.349 e.